The maximum absolute atomic E-state index is 10.6. The van der Waals surface area contributed by atoms with Gasteiger partial charge in [-0.05, 0) is 98.0 Å². The standard InChI is InChI=1S/C27H36O/c1-18-4-6-19(7-5-18)16-20-12-14-26(2)21(17-20)8-9-22-23-10-11-25(28)27(23,3)15-13-24(22)26/h4-8,17,22-25,28H,9-16H2,1-3H3/t22-,23-,24-,25?,26-,27-/m0/s1. The Morgan fingerprint density at radius 1 is 1.00 bits per heavy atom. The van der Waals surface area contributed by atoms with E-state index in [1.165, 1.54) is 49.7 Å². The summed E-state index contributed by atoms with van der Waals surface area (Å²) in [6.45, 7) is 7.10. The van der Waals surface area contributed by atoms with E-state index in [4.69, 9.17) is 0 Å². The lowest BCUT2D eigenvalue weighted by Gasteiger charge is -2.56. The molecule has 1 unspecified atom stereocenters. The summed E-state index contributed by atoms with van der Waals surface area (Å²) in [5.74, 6) is 2.33. The second-order valence-corrected chi connectivity index (χ2v) is 10.8. The first-order valence-electron chi connectivity index (χ1n) is 11.5. The average Bonchev–Trinajstić information content (AvgIpc) is 2.99. The lowest BCUT2D eigenvalue weighted by Crippen LogP contribution is -2.50. The van der Waals surface area contributed by atoms with Gasteiger partial charge in [-0.25, -0.2) is 0 Å². The number of fused-ring (bicyclic) bond motifs is 5. The van der Waals surface area contributed by atoms with E-state index in [1.54, 1.807) is 11.1 Å². The predicted octanol–water partition coefficient (Wildman–Crippen LogP) is 6.40. The van der Waals surface area contributed by atoms with Gasteiger partial charge in [0.1, 0.15) is 0 Å². The van der Waals surface area contributed by atoms with Crippen LogP contribution in [0.25, 0.3) is 0 Å². The summed E-state index contributed by atoms with van der Waals surface area (Å²) in [4.78, 5) is 0. The first-order valence-corrected chi connectivity index (χ1v) is 11.5. The van der Waals surface area contributed by atoms with E-state index in [0.29, 0.717) is 5.41 Å². The molecule has 2 fully saturated rings. The van der Waals surface area contributed by atoms with Crippen LogP contribution in [0.15, 0.2) is 47.6 Å². The van der Waals surface area contributed by atoms with Gasteiger partial charge in [-0.15, -0.1) is 0 Å². The molecule has 0 saturated heterocycles. The maximum Gasteiger partial charge on any atom is 0.0596 e. The monoisotopic (exact) mass is 376 g/mol. The molecule has 150 valence electrons. The number of hydrogen-bond donors (Lipinski definition) is 1. The first-order chi connectivity index (χ1) is 13.4. The molecule has 0 amide bonds. The number of benzene rings is 1. The molecular weight excluding hydrogens is 340 g/mol. The second-order valence-electron chi connectivity index (χ2n) is 10.8. The molecular formula is C27H36O. The van der Waals surface area contributed by atoms with E-state index in [0.717, 1.165) is 30.6 Å². The van der Waals surface area contributed by atoms with Crippen LogP contribution >= 0.6 is 0 Å². The third-order valence-electron chi connectivity index (χ3n) is 9.35. The van der Waals surface area contributed by atoms with Crippen LogP contribution in [0.2, 0.25) is 0 Å². The van der Waals surface area contributed by atoms with Crippen molar-refractivity contribution in [1.29, 1.82) is 0 Å². The van der Waals surface area contributed by atoms with Crippen molar-refractivity contribution in [3.8, 4) is 0 Å². The Balaban J connectivity index is 1.40. The van der Waals surface area contributed by atoms with Gasteiger partial charge in [-0.1, -0.05) is 61.4 Å². The minimum absolute atomic E-state index is 0.0657. The smallest absolute Gasteiger partial charge is 0.0596 e. The van der Waals surface area contributed by atoms with Crippen molar-refractivity contribution in [3.63, 3.8) is 0 Å². The molecule has 5 rings (SSSR count). The normalized spacial score (nSPS) is 42.1. The van der Waals surface area contributed by atoms with Crippen LogP contribution in [0.3, 0.4) is 0 Å². The molecule has 0 aromatic heterocycles. The molecule has 28 heavy (non-hydrogen) atoms. The van der Waals surface area contributed by atoms with E-state index in [9.17, 15) is 5.11 Å². The predicted molar refractivity (Wildman–Crippen MR) is 116 cm³/mol. The van der Waals surface area contributed by atoms with Gasteiger partial charge in [0.05, 0.1) is 6.10 Å². The molecule has 0 aliphatic heterocycles. The largest absolute Gasteiger partial charge is 0.393 e. The minimum atomic E-state index is -0.0657. The fourth-order valence-electron chi connectivity index (χ4n) is 7.46. The molecule has 1 nitrogen and oxygen atoms in total. The first kappa shape index (κ1) is 18.7. The highest BCUT2D eigenvalue weighted by molar-refractivity contribution is 5.39. The summed E-state index contributed by atoms with van der Waals surface area (Å²) in [7, 11) is 0. The van der Waals surface area contributed by atoms with Crippen LogP contribution in [-0.2, 0) is 6.42 Å². The molecule has 0 spiro atoms. The van der Waals surface area contributed by atoms with E-state index < -0.39 is 0 Å². The molecule has 1 heteroatoms. The maximum atomic E-state index is 10.6. The van der Waals surface area contributed by atoms with E-state index in [-0.39, 0.29) is 11.5 Å². The number of aryl methyl sites for hydroxylation is 1. The summed E-state index contributed by atoms with van der Waals surface area (Å²) in [5, 5.41) is 10.6. The number of aliphatic hydroxyl groups excluding tert-OH is 1. The van der Waals surface area contributed by atoms with Crippen LogP contribution in [0.4, 0.5) is 0 Å². The molecule has 0 radical (unpaired) electrons. The van der Waals surface area contributed by atoms with Crippen molar-refractivity contribution < 1.29 is 5.11 Å². The van der Waals surface area contributed by atoms with Crippen molar-refractivity contribution in [2.75, 3.05) is 0 Å². The molecule has 0 bridgehead atoms. The summed E-state index contributed by atoms with van der Waals surface area (Å²) < 4.78 is 0. The Labute approximate surface area is 170 Å². The van der Waals surface area contributed by atoms with Crippen molar-refractivity contribution in [2.24, 2.45) is 28.6 Å². The van der Waals surface area contributed by atoms with Gasteiger partial charge in [0.25, 0.3) is 0 Å². The second kappa shape index (κ2) is 6.59. The SMILES string of the molecule is Cc1ccc(CC2=CC3=CC[C@@H]4[C@H](CC[C@]5(C)C(O)CC[C@@H]45)[C@@]3(C)CC2)cc1. The Morgan fingerprint density at radius 2 is 1.79 bits per heavy atom. The molecule has 1 aromatic rings. The lowest BCUT2D eigenvalue weighted by molar-refractivity contribution is -0.0626. The molecule has 1 N–H and O–H groups in total. The third kappa shape index (κ3) is 2.76. The highest BCUT2D eigenvalue weighted by Gasteiger charge is 2.57. The zero-order valence-electron chi connectivity index (χ0n) is 17.9. The van der Waals surface area contributed by atoms with E-state index in [1.807, 2.05) is 0 Å². The van der Waals surface area contributed by atoms with Crippen molar-refractivity contribution >= 4 is 0 Å². The van der Waals surface area contributed by atoms with Crippen molar-refractivity contribution in [1.82, 2.24) is 0 Å². The fourth-order valence-corrected chi connectivity index (χ4v) is 7.46. The van der Waals surface area contributed by atoms with Gasteiger partial charge in [0, 0.05) is 0 Å². The summed E-state index contributed by atoms with van der Waals surface area (Å²) >= 11 is 0. The zero-order valence-corrected chi connectivity index (χ0v) is 17.9. The van der Waals surface area contributed by atoms with E-state index >= 15 is 0 Å². The highest BCUT2D eigenvalue weighted by atomic mass is 16.3. The van der Waals surface area contributed by atoms with Crippen LogP contribution < -0.4 is 0 Å². The van der Waals surface area contributed by atoms with Gasteiger partial charge in [-0.3, -0.25) is 0 Å². The van der Waals surface area contributed by atoms with Crippen LogP contribution in [-0.4, -0.2) is 11.2 Å². The minimum Gasteiger partial charge on any atom is -0.393 e. The number of allylic oxidation sites excluding steroid dienone is 4. The molecule has 4 aliphatic carbocycles. The van der Waals surface area contributed by atoms with Gasteiger partial charge >= 0.3 is 0 Å². The Hall–Kier alpha value is -1.34. The zero-order chi connectivity index (χ0) is 19.5. The van der Waals surface area contributed by atoms with Gasteiger partial charge < -0.3 is 5.11 Å². The van der Waals surface area contributed by atoms with Crippen molar-refractivity contribution in [2.45, 2.75) is 78.2 Å². The van der Waals surface area contributed by atoms with Crippen LogP contribution in [0, 0.1) is 35.5 Å². The van der Waals surface area contributed by atoms with Crippen LogP contribution in [0.1, 0.15) is 69.9 Å². The lowest BCUT2D eigenvalue weighted by atomic mass is 9.48. The third-order valence-corrected chi connectivity index (χ3v) is 9.35. The molecule has 2 saturated carbocycles. The van der Waals surface area contributed by atoms with E-state index in [2.05, 4.69) is 57.2 Å². The highest BCUT2D eigenvalue weighted by Crippen LogP contribution is 2.64. The molecule has 4 aliphatic rings. The molecule has 6 atom stereocenters. The van der Waals surface area contributed by atoms with Gasteiger partial charge in [0.15, 0.2) is 0 Å². The Bertz CT molecular complexity index is 815. The van der Waals surface area contributed by atoms with Gasteiger partial charge in [-0.2, -0.15) is 0 Å². The summed E-state index contributed by atoms with van der Waals surface area (Å²) in [5.41, 5.74) is 6.57. The fraction of sp³-hybridized carbons (Fsp3) is 0.630. The summed E-state index contributed by atoms with van der Waals surface area (Å²) in [6.07, 6.45) is 14.8. The van der Waals surface area contributed by atoms with Crippen molar-refractivity contribution in [3.05, 3.63) is 58.7 Å². The molecule has 0 heterocycles. The number of hydrogen-bond acceptors (Lipinski definition) is 1. The Morgan fingerprint density at radius 3 is 2.57 bits per heavy atom. The quantitative estimate of drug-likeness (QED) is 0.633. The summed E-state index contributed by atoms with van der Waals surface area (Å²) in [6, 6.07) is 9.07. The van der Waals surface area contributed by atoms with Gasteiger partial charge in [0.2, 0.25) is 0 Å². The van der Waals surface area contributed by atoms with Crippen LogP contribution in [0.5, 0.6) is 0 Å². The number of aliphatic hydroxyl groups is 1. The average molecular weight is 377 g/mol. The Kier molecular flexibility index (Phi) is 4.40. The number of rotatable bonds is 2. The molecule has 1 aromatic carbocycles. The topological polar surface area (TPSA) is 20.2 Å².